The molecule has 0 radical (unpaired) electrons. The summed E-state index contributed by atoms with van der Waals surface area (Å²) in [6, 6.07) is 0. The molecule has 0 aromatic rings. The fraction of sp³-hybridized carbons (Fsp3) is 0.429. The van der Waals surface area contributed by atoms with Gasteiger partial charge in [0.25, 0.3) is 0 Å². The molecule has 0 heterocycles. The third kappa shape index (κ3) is 6.57. The molecule has 0 rings (SSSR count). The molecule has 0 aliphatic heterocycles. The smallest absolute Gasteiger partial charge is 0.307 e. The summed E-state index contributed by atoms with van der Waals surface area (Å²) >= 11 is 0. The van der Waals surface area contributed by atoms with Crippen LogP contribution in [-0.2, 0) is 9.59 Å². The third-order valence-electron chi connectivity index (χ3n) is 1.06. The Bertz CT molecular complexity index is 193. The van der Waals surface area contributed by atoms with Crippen LogP contribution in [0.4, 0.5) is 0 Å². The van der Waals surface area contributed by atoms with Crippen molar-refractivity contribution in [1.82, 2.24) is 0 Å². The molecule has 0 spiro atoms. The molecule has 0 saturated carbocycles. The number of hydrogen-bond acceptors (Lipinski definition) is 2. The quantitative estimate of drug-likeness (QED) is 0.595. The van der Waals surface area contributed by atoms with Gasteiger partial charge in [0.2, 0.25) is 0 Å². The molecule has 0 fully saturated rings. The van der Waals surface area contributed by atoms with Crippen LogP contribution < -0.4 is 0 Å². The molecule has 4 heteroatoms. The zero-order chi connectivity index (χ0) is 8.85. The van der Waals surface area contributed by atoms with E-state index in [1.54, 1.807) is 6.92 Å². The summed E-state index contributed by atoms with van der Waals surface area (Å²) < 4.78 is 0. The Hall–Kier alpha value is -1.32. The Kier molecular flexibility index (Phi) is 3.95. The first kappa shape index (κ1) is 9.68. The average molecular weight is 158 g/mol. The lowest BCUT2D eigenvalue weighted by Gasteiger charge is -1.93. The van der Waals surface area contributed by atoms with Crippen molar-refractivity contribution in [1.29, 1.82) is 0 Å². The molecular weight excluding hydrogens is 148 g/mol. The van der Waals surface area contributed by atoms with E-state index in [1.165, 1.54) is 6.08 Å². The number of carboxylic acids is 2. The topological polar surface area (TPSA) is 74.6 Å². The minimum atomic E-state index is -0.949. The zero-order valence-corrected chi connectivity index (χ0v) is 6.20. The number of carbonyl (C=O) groups is 2. The van der Waals surface area contributed by atoms with Gasteiger partial charge in [0.05, 0.1) is 12.8 Å². The lowest BCUT2D eigenvalue weighted by molar-refractivity contribution is -0.137. The second kappa shape index (κ2) is 4.49. The van der Waals surface area contributed by atoms with E-state index in [-0.39, 0.29) is 12.8 Å². The summed E-state index contributed by atoms with van der Waals surface area (Å²) in [7, 11) is 0. The molecule has 0 aromatic heterocycles. The highest BCUT2D eigenvalue weighted by atomic mass is 16.4. The van der Waals surface area contributed by atoms with Crippen molar-refractivity contribution in [2.45, 2.75) is 19.8 Å². The van der Waals surface area contributed by atoms with E-state index in [2.05, 4.69) is 0 Å². The standard InChI is InChI=1S/C7H10O4/c1-5(4-7(10)11)2-3-6(8)9/h2H,3-4H2,1H3,(H,8,9)(H,10,11). The fourth-order valence-corrected chi connectivity index (χ4v) is 0.572. The molecule has 62 valence electrons. The van der Waals surface area contributed by atoms with Crippen LogP contribution in [0.15, 0.2) is 11.6 Å². The highest BCUT2D eigenvalue weighted by Crippen LogP contribution is 2.00. The summed E-state index contributed by atoms with van der Waals surface area (Å²) in [6.07, 6.45) is 1.20. The van der Waals surface area contributed by atoms with Gasteiger partial charge in [-0.15, -0.1) is 0 Å². The number of hydrogen-bond donors (Lipinski definition) is 2. The van der Waals surface area contributed by atoms with Crippen LogP contribution in [0.3, 0.4) is 0 Å². The van der Waals surface area contributed by atoms with Crippen molar-refractivity contribution in [3.8, 4) is 0 Å². The summed E-state index contributed by atoms with van der Waals surface area (Å²) in [6.45, 7) is 1.59. The largest absolute Gasteiger partial charge is 0.481 e. The van der Waals surface area contributed by atoms with Gasteiger partial charge in [-0.3, -0.25) is 9.59 Å². The number of rotatable bonds is 4. The molecule has 0 amide bonds. The second-order valence-electron chi connectivity index (χ2n) is 2.22. The van der Waals surface area contributed by atoms with Gasteiger partial charge in [0.15, 0.2) is 0 Å². The molecular formula is C7H10O4. The van der Waals surface area contributed by atoms with Crippen LogP contribution in [0.5, 0.6) is 0 Å². The van der Waals surface area contributed by atoms with E-state index in [4.69, 9.17) is 10.2 Å². The monoisotopic (exact) mass is 158 g/mol. The molecule has 4 nitrogen and oxygen atoms in total. The molecule has 0 unspecified atom stereocenters. The zero-order valence-electron chi connectivity index (χ0n) is 6.20. The minimum Gasteiger partial charge on any atom is -0.481 e. The first-order valence-corrected chi connectivity index (χ1v) is 3.11. The van der Waals surface area contributed by atoms with Gasteiger partial charge in [-0.25, -0.2) is 0 Å². The van der Waals surface area contributed by atoms with Gasteiger partial charge in [0, 0.05) is 0 Å². The predicted octanol–water partition coefficient (Wildman–Crippen LogP) is 0.882. The van der Waals surface area contributed by atoms with Crippen molar-refractivity contribution in [2.24, 2.45) is 0 Å². The van der Waals surface area contributed by atoms with Crippen molar-refractivity contribution < 1.29 is 19.8 Å². The van der Waals surface area contributed by atoms with Crippen molar-refractivity contribution in [3.05, 3.63) is 11.6 Å². The first-order chi connectivity index (χ1) is 5.02. The van der Waals surface area contributed by atoms with E-state index in [9.17, 15) is 9.59 Å². The Morgan fingerprint density at radius 2 is 1.82 bits per heavy atom. The lowest BCUT2D eigenvalue weighted by Crippen LogP contribution is -1.96. The summed E-state index contributed by atoms with van der Waals surface area (Å²) in [5.74, 6) is -1.89. The predicted molar refractivity (Wildman–Crippen MR) is 38.3 cm³/mol. The van der Waals surface area contributed by atoms with Gasteiger partial charge < -0.3 is 10.2 Å². The van der Waals surface area contributed by atoms with Gasteiger partial charge >= 0.3 is 11.9 Å². The highest BCUT2D eigenvalue weighted by molar-refractivity contribution is 5.71. The summed E-state index contributed by atoms with van der Waals surface area (Å²) in [5, 5.41) is 16.5. The molecule has 2 N–H and O–H groups in total. The normalized spacial score (nSPS) is 11.2. The maximum absolute atomic E-state index is 10.1. The second-order valence-corrected chi connectivity index (χ2v) is 2.22. The van der Waals surface area contributed by atoms with Crippen molar-refractivity contribution in [3.63, 3.8) is 0 Å². The van der Waals surface area contributed by atoms with E-state index in [1.807, 2.05) is 0 Å². The molecule has 0 aromatic carbocycles. The molecule has 11 heavy (non-hydrogen) atoms. The maximum atomic E-state index is 10.1. The van der Waals surface area contributed by atoms with E-state index in [0.717, 1.165) is 0 Å². The minimum absolute atomic E-state index is 0.0900. The molecule has 0 saturated heterocycles. The molecule has 0 aliphatic rings. The van der Waals surface area contributed by atoms with E-state index >= 15 is 0 Å². The number of carboxylic acid groups (broad SMARTS) is 2. The van der Waals surface area contributed by atoms with Crippen LogP contribution in [0.1, 0.15) is 19.8 Å². The highest BCUT2D eigenvalue weighted by Gasteiger charge is 1.98. The fourth-order valence-electron chi connectivity index (χ4n) is 0.572. The van der Waals surface area contributed by atoms with Crippen molar-refractivity contribution >= 4 is 11.9 Å². The average Bonchev–Trinajstić information content (AvgIpc) is 1.82. The summed E-state index contributed by atoms with van der Waals surface area (Å²) in [5.41, 5.74) is 0.569. The summed E-state index contributed by atoms with van der Waals surface area (Å²) in [4.78, 5) is 20.1. The first-order valence-electron chi connectivity index (χ1n) is 3.11. The molecule has 0 aliphatic carbocycles. The molecule has 0 bridgehead atoms. The van der Waals surface area contributed by atoms with E-state index in [0.29, 0.717) is 5.57 Å². The SMILES string of the molecule is CC(=CCC(=O)O)CC(=O)O. The van der Waals surface area contributed by atoms with Gasteiger partial charge in [-0.1, -0.05) is 11.6 Å². The maximum Gasteiger partial charge on any atom is 0.307 e. The van der Waals surface area contributed by atoms with Crippen LogP contribution in [-0.4, -0.2) is 22.2 Å². The van der Waals surface area contributed by atoms with Gasteiger partial charge in [-0.2, -0.15) is 0 Å². The van der Waals surface area contributed by atoms with Crippen LogP contribution in [0.2, 0.25) is 0 Å². The van der Waals surface area contributed by atoms with Gasteiger partial charge in [0.1, 0.15) is 0 Å². The van der Waals surface area contributed by atoms with E-state index < -0.39 is 11.9 Å². The Morgan fingerprint density at radius 3 is 2.18 bits per heavy atom. The Balaban J connectivity index is 3.81. The lowest BCUT2D eigenvalue weighted by atomic mass is 10.2. The van der Waals surface area contributed by atoms with Crippen molar-refractivity contribution in [2.75, 3.05) is 0 Å². The third-order valence-corrected chi connectivity index (χ3v) is 1.06. The van der Waals surface area contributed by atoms with Crippen LogP contribution in [0.25, 0.3) is 0 Å². The van der Waals surface area contributed by atoms with Crippen LogP contribution in [0, 0.1) is 0 Å². The number of aliphatic carboxylic acids is 2. The Labute approximate surface area is 64.2 Å². The Morgan fingerprint density at radius 1 is 1.27 bits per heavy atom. The molecule has 0 atom stereocenters. The van der Waals surface area contributed by atoms with Crippen LogP contribution >= 0.6 is 0 Å². The van der Waals surface area contributed by atoms with Gasteiger partial charge in [-0.05, 0) is 6.92 Å².